The summed E-state index contributed by atoms with van der Waals surface area (Å²) in [7, 11) is 0. The van der Waals surface area contributed by atoms with E-state index < -0.39 is 5.91 Å². The molecule has 2 heterocycles. The van der Waals surface area contributed by atoms with E-state index in [-0.39, 0.29) is 11.4 Å². The third-order valence-electron chi connectivity index (χ3n) is 2.99. The first-order chi connectivity index (χ1) is 10.1. The lowest BCUT2D eigenvalue weighted by atomic mass is 10.3. The predicted molar refractivity (Wildman–Crippen MR) is 73.5 cm³/mol. The number of hydrogen-bond donors (Lipinski definition) is 1. The van der Waals surface area contributed by atoms with Gasteiger partial charge < -0.3 is 14.8 Å². The summed E-state index contributed by atoms with van der Waals surface area (Å²) < 4.78 is 5.90. The van der Waals surface area contributed by atoms with E-state index in [1.54, 1.807) is 17.0 Å². The van der Waals surface area contributed by atoms with E-state index in [1.807, 2.05) is 6.92 Å². The van der Waals surface area contributed by atoms with E-state index in [4.69, 9.17) is 4.74 Å². The highest BCUT2D eigenvalue weighted by molar-refractivity contribution is 5.97. The summed E-state index contributed by atoms with van der Waals surface area (Å²) in [6.45, 7) is 3.87. The molecule has 0 unspecified atom stereocenters. The van der Waals surface area contributed by atoms with Gasteiger partial charge in [0.15, 0.2) is 5.49 Å². The fourth-order valence-electron chi connectivity index (χ4n) is 1.85. The van der Waals surface area contributed by atoms with Crippen LogP contribution in [0.25, 0.3) is 0 Å². The van der Waals surface area contributed by atoms with E-state index in [0.717, 1.165) is 16.4 Å². The lowest BCUT2D eigenvalue weighted by Crippen LogP contribution is -2.39. The predicted octanol–water partition coefficient (Wildman–Crippen LogP) is -0.124. The van der Waals surface area contributed by atoms with Crippen molar-refractivity contribution < 1.29 is 19.5 Å². The molecular weight excluding hydrogens is 274 g/mol. The minimum absolute atomic E-state index is 0.114. The molecule has 1 aliphatic rings. The van der Waals surface area contributed by atoms with Crippen LogP contribution in [-0.2, 0) is 14.3 Å². The summed E-state index contributed by atoms with van der Waals surface area (Å²) in [6.07, 6.45) is 3.68. The van der Waals surface area contributed by atoms with Gasteiger partial charge in [-0.2, -0.15) is 9.72 Å². The maximum Gasteiger partial charge on any atom is 0.271 e. The van der Waals surface area contributed by atoms with Gasteiger partial charge >= 0.3 is 0 Å². The van der Waals surface area contributed by atoms with Crippen molar-refractivity contribution in [1.82, 2.24) is 9.63 Å². The number of rotatable bonds is 2. The fourth-order valence-corrected chi connectivity index (χ4v) is 1.85. The van der Waals surface area contributed by atoms with Gasteiger partial charge in [-0.25, -0.2) is 0 Å². The molecule has 1 N–H and O–H groups in total. The van der Waals surface area contributed by atoms with Crippen LogP contribution in [0.1, 0.15) is 5.56 Å². The molecule has 1 fully saturated rings. The van der Waals surface area contributed by atoms with Crippen molar-refractivity contribution in [2.24, 2.45) is 4.99 Å². The van der Waals surface area contributed by atoms with Crippen LogP contribution >= 0.6 is 0 Å². The molecule has 1 aromatic rings. The van der Waals surface area contributed by atoms with E-state index in [0.29, 0.717) is 26.3 Å². The Morgan fingerprint density at radius 2 is 2.05 bits per heavy atom. The molecule has 0 atom stereocenters. The average Bonchev–Trinajstić information content (AvgIpc) is 2.49. The molecule has 0 saturated carbocycles. The quantitative estimate of drug-likeness (QED) is 0.608. The number of hydrogen-bond acceptors (Lipinski definition) is 4. The topological polar surface area (TPSA) is 84.1 Å². The third-order valence-corrected chi connectivity index (χ3v) is 2.99. The Morgan fingerprint density at radius 1 is 1.33 bits per heavy atom. The summed E-state index contributed by atoms with van der Waals surface area (Å²) in [5, 5.41) is 9.52. The Hall–Kier alpha value is -2.41. The molecule has 0 aromatic carbocycles. The number of morpholine rings is 1. The highest BCUT2D eigenvalue weighted by atomic mass is 16.5. The number of ether oxygens (including phenoxy) is 1. The number of aryl methyl sites for hydroxylation is 1. The molecule has 7 heteroatoms. The molecule has 0 radical (unpaired) electrons. The fraction of sp³-hybridized carbons (Fsp3) is 0.357. The van der Waals surface area contributed by atoms with Crippen LogP contribution in [-0.4, -0.2) is 53.0 Å². The first-order valence-corrected chi connectivity index (χ1v) is 6.58. The van der Waals surface area contributed by atoms with Crippen LogP contribution in [0.3, 0.4) is 0 Å². The van der Waals surface area contributed by atoms with Crippen LogP contribution in [0, 0.1) is 6.92 Å². The van der Waals surface area contributed by atoms with Crippen molar-refractivity contribution in [2.75, 3.05) is 26.3 Å². The lowest BCUT2D eigenvalue weighted by molar-refractivity contribution is -0.130. The van der Waals surface area contributed by atoms with Gasteiger partial charge in [0.25, 0.3) is 5.91 Å². The smallest absolute Gasteiger partial charge is 0.271 e. The van der Waals surface area contributed by atoms with Crippen LogP contribution < -0.4 is 5.49 Å². The Kier molecular flexibility index (Phi) is 4.89. The maximum atomic E-state index is 11.8. The van der Waals surface area contributed by atoms with Gasteiger partial charge in [-0.05, 0) is 24.6 Å². The SMILES string of the molecule is Cc1ccn(O)c(=NC(=O)C=CC(=O)N2CCOCC2)c1. The Labute approximate surface area is 121 Å². The zero-order chi connectivity index (χ0) is 15.2. The Morgan fingerprint density at radius 3 is 2.76 bits per heavy atom. The second kappa shape index (κ2) is 6.85. The van der Waals surface area contributed by atoms with Gasteiger partial charge in [0.1, 0.15) is 0 Å². The molecule has 0 spiro atoms. The first kappa shape index (κ1) is 15.0. The van der Waals surface area contributed by atoms with Crippen molar-refractivity contribution in [1.29, 1.82) is 0 Å². The molecule has 1 saturated heterocycles. The molecule has 2 amide bonds. The highest BCUT2D eigenvalue weighted by Crippen LogP contribution is 1.98. The van der Waals surface area contributed by atoms with Gasteiger partial charge in [-0.1, -0.05) is 0 Å². The summed E-state index contributed by atoms with van der Waals surface area (Å²) in [6, 6.07) is 3.25. The second-order valence-corrected chi connectivity index (χ2v) is 4.63. The number of carbonyl (C=O) groups is 2. The molecule has 1 aromatic heterocycles. The molecule has 2 rings (SSSR count). The third kappa shape index (κ3) is 4.28. The standard InChI is InChI=1S/C14H17N3O4/c1-11-4-5-17(20)12(10-11)15-13(18)2-3-14(19)16-6-8-21-9-7-16/h2-5,10,20H,6-9H2,1H3. The van der Waals surface area contributed by atoms with Crippen molar-refractivity contribution in [3.63, 3.8) is 0 Å². The minimum Gasteiger partial charge on any atom is -0.427 e. The van der Waals surface area contributed by atoms with Crippen LogP contribution in [0.2, 0.25) is 0 Å². The van der Waals surface area contributed by atoms with E-state index in [2.05, 4.69) is 4.99 Å². The zero-order valence-corrected chi connectivity index (χ0v) is 11.7. The van der Waals surface area contributed by atoms with Gasteiger partial charge in [0.2, 0.25) is 5.91 Å². The summed E-state index contributed by atoms with van der Waals surface area (Å²) >= 11 is 0. The molecule has 7 nitrogen and oxygen atoms in total. The Bertz CT molecular complexity index is 627. The molecule has 112 valence electrons. The first-order valence-electron chi connectivity index (χ1n) is 6.58. The molecular formula is C14H17N3O4. The van der Waals surface area contributed by atoms with E-state index >= 15 is 0 Å². The van der Waals surface area contributed by atoms with E-state index in [1.165, 1.54) is 12.3 Å². The maximum absolute atomic E-state index is 11.8. The number of carbonyl (C=O) groups excluding carboxylic acids is 2. The lowest BCUT2D eigenvalue weighted by Gasteiger charge is -2.25. The van der Waals surface area contributed by atoms with Crippen molar-refractivity contribution >= 4 is 11.8 Å². The zero-order valence-electron chi connectivity index (χ0n) is 11.7. The Balaban J connectivity index is 2.05. The van der Waals surface area contributed by atoms with Gasteiger partial charge in [-0.15, -0.1) is 0 Å². The van der Waals surface area contributed by atoms with Gasteiger partial charge in [0, 0.05) is 31.4 Å². The van der Waals surface area contributed by atoms with Gasteiger partial charge in [-0.3, -0.25) is 9.59 Å². The van der Waals surface area contributed by atoms with Crippen molar-refractivity contribution in [2.45, 2.75) is 6.92 Å². The summed E-state index contributed by atoms with van der Waals surface area (Å²) in [4.78, 5) is 28.8. The molecule has 0 aliphatic carbocycles. The van der Waals surface area contributed by atoms with E-state index in [9.17, 15) is 14.8 Å². The molecule has 0 bridgehead atoms. The summed E-state index contributed by atoms with van der Waals surface area (Å²) in [5.74, 6) is -0.854. The number of amides is 2. The van der Waals surface area contributed by atoms with Crippen LogP contribution in [0.5, 0.6) is 0 Å². The number of nitrogens with zero attached hydrogens (tertiary/aromatic N) is 3. The number of pyridine rings is 1. The van der Waals surface area contributed by atoms with Crippen LogP contribution in [0.4, 0.5) is 0 Å². The minimum atomic E-state index is -0.606. The van der Waals surface area contributed by atoms with Crippen molar-refractivity contribution in [3.05, 3.63) is 41.5 Å². The summed E-state index contributed by atoms with van der Waals surface area (Å²) in [5.41, 5.74) is 0.976. The second-order valence-electron chi connectivity index (χ2n) is 4.63. The number of aromatic nitrogens is 1. The highest BCUT2D eigenvalue weighted by Gasteiger charge is 2.14. The molecule has 21 heavy (non-hydrogen) atoms. The van der Waals surface area contributed by atoms with Crippen molar-refractivity contribution in [3.8, 4) is 0 Å². The average molecular weight is 291 g/mol. The largest absolute Gasteiger partial charge is 0.427 e. The molecule has 1 aliphatic heterocycles. The van der Waals surface area contributed by atoms with Gasteiger partial charge in [0.05, 0.1) is 13.2 Å². The normalized spacial score (nSPS) is 16.4. The van der Waals surface area contributed by atoms with Crippen LogP contribution in [0.15, 0.2) is 35.5 Å². The monoisotopic (exact) mass is 291 g/mol.